The van der Waals surface area contributed by atoms with E-state index in [1.54, 1.807) is 35.9 Å². The molecule has 2 aromatic carbocycles. The number of halogens is 3. The van der Waals surface area contributed by atoms with Crippen LogP contribution in [0.25, 0.3) is 11.4 Å². The highest BCUT2D eigenvalue weighted by Gasteiger charge is 2.41. The summed E-state index contributed by atoms with van der Waals surface area (Å²) in [6.07, 6.45) is 0. The highest BCUT2D eigenvalue weighted by Crippen LogP contribution is 2.31. The number of carbonyl (C=O) groups is 1. The third-order valence-electron chi connectivity index (χ3n) is 5.14. The molecule has 1 N–H and O–H groups in total. The van der Waals surface area contributed by atoms with Gasteiger partial charge in [-0.1, -0.05) is 53.9 Å². The van der Waals surface area contributed by atoms with Crippen LogP contribution in [0, 0.1) is 11.7 Å². The number of carboxylic acids is 1. The molecule has 2 heterocycles. The topological polar surface area (TPSA) is 83.4 Å². The summed E-state index contributed by atoms with van der Waals surface area (Å²) in [4.78, 5) is 16.9. The van der Waals surface area contributed by atoms with Gasteiger partial charge < -0.3 is 5.11 Å². The first-order valence-electron chi connectivity index (χ1n) is 10.3. The maximum Gasteiger partial charge on any atom is 0.480 e. The van der Waals surface area contributed by atoms with Gasteiger partial charge >= 0.3 is 11.9 Å². The Morgan fingerprint density at radius 1 is 1.21 bits per heavy atom. The number of hydrazone groups is 1. The molecular weight excluding hydrogens is 468 g/mol. The highest BCUT2D eigenvalue weighted by molar-refractivity contribution is 6.42. The average molecular weight is 489 g/mol. The number of rotatable bonds is 6. The van der Waals surface area contributed by atoms with Crippen molar-refractivity contribution in [2.75, 3.05) is 0 Å². The maximum atomic E-state index is 13.9. The van der Waals surface area contributed by atoms with Gasteiger partial charge in [-0.2, -0.15) is 4.68 Å². The van der Waals surface area contributed by atoms with E-state index >= 15 is 0 Å². The predicted octanol–water partition coefficient (Wildman–Crippen LogP) is 5.39. The SMILES string of the molecule is CC1=N[N+](c2nc(-c3ccc(Cl)c(Cl)c3)n(CC(C)C)n2)=C(C(=O)O)C1c1cccc(F)c1. The van der Waals surface area contributed by atoms with E-state index < -0.39 is 17.7 Å². The lowest BCUT2D eigenvalue weighted by Gasteiger charge is -2.10. The van der Waals surface area contributed by atoms with E-state index in [0.29, 0.717) is 39.3 Å². The molecule has 0 fully saturated rings. The van der Waals surface area contributed by atoms with Crippen LogP contribution in [0.1, 0.15) is 32.3 Å². The lowest BCUT2D eigenvalue weighted by atomic mass is 9.90. The molecular formula is C23H21Cl2FN5O2+. The molecule has 0 saturated heterocycles. The van der Waals surface area contributed by atoms with Crippen molar-refractivity contribution in [3.8, 4) is 11.4 Å². The number of nitrogens with zero attached hydrogens (tertiary/aromatic N) is 5. The van der Waals surface area contributed by atoms with Crippen LogP contribution >= 0.6 is 23.2 Å². The van der Waals surface area contributed by atoms with Crippen molar-refractivity contribution < 1.29 is 19.0 Å². The zero-order valence-corrected chi connectivity index (χ0v) is 19.6. The molecule has 7 nitrogen and oxygen atoms in total. The van der Waals surface area contributed by atoms with E-state index in [-0.39, 0.29) is 17.6 Å². The molecule has 1 aliphatic rings. The second-order valence-corrected chi connectivity index (χ2v) is 8.99. The van der Waals surface area contributed by atoms with Crippen molar-refractivity contribution in [1.29, 1.82) is 0 Å². The van der Waals surface area contributed by atoms with E-state index in [9.17, 15) is 14.3 Å². The Balaban J connectivity index is 1.88. The van der Waals surface area contributed by atoms with Crippen LogP contribution in [0.15, 0.2) is 47.6 Å². The molecule has 1 aliphatic heterocycles. The van der Waals surface area contributed by atoms with Crippen molar-refractivity contribution in [3.63, 3.8) is 0 Å². The Morgan fingerprint density at radius 3 is 2.61 bits per heavy atom. The first kappa shape index (κ1) is 23.1. The van der Waals surface area contributed by atoms with Crippen LogP contribution in [-0.2, 0) is 11.3 Å². The third kappa shape index (κ3) is 4.54. The highest BCUT2D eigenvalue weighted by atomic mass is 35.5. The van der Waals surface area contributed by atoms with Crippen LogP contribution in [-0.4, -0.2) is 41.9 Å². The fraction of sp³-hybridized carbons (Fsp3) is 0.261. The molecule has 0 amide bonds. The molecule has 170 valence electrons. The Labute approximate surface area is 199 Å². The van der Waals surface area contributed by atoms with Crippen molar-refractivity contribution >= 4 is 46.5 Å². The van der Waals surface area contributed by atoms with Crippen LogP contribution in [0.4, 0.5) is 10.3 Å². The lowest BCUT2D eigenvalue weighted by molar-refractivity contribution is -0.450. The Kier molecular flexibility index (Phi) is 6.32. The van der Waals surface area contributed by atoms with Crippen LogP contribution in [0.3, 0.4) is 0 Å². The number of benzene rings is 2. The summed E-state index contributed by atoms with van der Waals surface area (Å²) in [6.45, 7) is 6.30. The Bertz CT molecular complexity index is 1320. The predicted molar refractivity (Wildman–Crippen MR) is 125 cm³/mol. The summed E-state index contributed by atoms with van der Waals surface area (Å²) in [5, 5.41) is 19.8. The van der Waals surface area contributed by atoms with Gasteiger partial charge in [0.15, 0.2) is 0 Å². The van der Waals surface area contributed by atoms with Gasteiger partial charge in [0.25, 0.3) is 0 Å². The summed E-state index contributed by atoms with van der Waals surface area (Å²) in [5.41, 5.74) is 1.60. The molecule has 1 aromatic heterocycles. The molecule has 0 saturated carbocycles. The van der Waals surface area contributed by atoms with E-state index in [1.807, 2.05) is 13.8 Å². The largest absolute Gasteiger partial charge is 0.480 e. The van der Waals surface area contributed by atoms with Crippen LogP contribution in [0.2, 0.25) is 10.0 Å². The minimum Gasteiger partial charge on any atom is -0.476 e. The van der Waals surface area contributed by atoms with Crippen molar-refractivity contribution in [3.05, 3.63) is 63.9 Å². The van der Waals surface area contributed by atoms with Crippen molar-refractivity contribution in [2.24, 2.45) is 11.0 Å². The summed E-state index contributed by atoms with van der Waals surface area (Å²) < 4.78 is 16.8. The fourth-order valence-electron chi connectivity index (χ4n) is 3.78. The molecule has 1 unspecified atom stereocenters. The molecule has 33 heavy (non-hydrogen) atoms. The van der Waals surface area contributed by atoms with E-state index in [2.05, 4.69) is 15.2 Å². The molecule has 10 heteroatoms. The fourth-order valence-corrected chi connectivity index (χ4v) is 4.08. The monoisotopic (exact) mass is 488 g/mol. The van der Waals surface area contributed by atoms with Crippen molar-refractivity contribution in [1.82, 2.24) is 14.8 Å². The van der Waals surface area contributed by atoms with Crippen LogP contribution in [0.5, 0.6) is 0 Å². The second kappa shape index (κ2) is 9.03. The average Bonchev–Trinajstić information content (AvgIpc) is 3.30. The number of aliphatic carboxylic acids is 1. The number of carboxylic acid groups (broad SMARTS) is 1. The zero-order valence-electron chi connectivity index (χ0n) is 18.1. The quantitative estimate of drug-likeness (QED) is 0.471. The first-order chi connectivity index (χ1) is 15.7. The molecule has 0 bridgehead atoms. The summed E-state index contributed by atoms with van der Waals surface area (Å²) in [5.74, 6) is -1.53. The minimum atomic E-state index is -1.19. The second-order valence-electron chi connectivity index (χ2n) is 8.17. The summed E-state index contributed by atoms with van der Waals surface area (Å²) in [6, 6.07) is 11.0. The van der Waals surface area contributed by atoms with Gasteiger partial charge in [0.2, 0.25) is 11.5 Å². The normalized spacial score (nSPS) is 16.0. The number of hydrogen-bond donors (Lipinski definition) is 1. The summed E-state index contributed by atoms with van der Waals surface area (Å²) in [7, 11) is 0. The standard InChI is InChI=1S/C23H20Cl2FN5O2/c1-12(2)11-30-21(15-7-8-17(24)18(25)10-15)27-23(29-30)31-20(22(32)33)19(13(3)28-31)14-5-4-6-16(26)9-14/h4-10,12,19H,11H2,1-3H3/p+1. The molecule has 4 rings (SSSR count). The number of hydrogen-bond acceptors (Lipinski definition) is 4. The first-order valence-corrected chi connectivity index (χ1v) is 11.0. The minimum absolute atomic E-state index is 0.0690. The van der Waals surface area contributed by atoms with E-state index in [4.69, 9.17) is 23.2 Å². The zero-order chi connectivity index (χ0) is 23.9. The van der Waals surface area contributed by atoms with Gasteiger partial charge in [-0.15, -0.1) is 5.10 Å². The van der Waals surface area contributed by atoms with Crippen LogP contribution < -0.4 is 0 Å². The van der Waals surface area contributed by atoms with Gasteiger partial charge in [-0.3, -0.25) is 0 Å². The van der Waals surface area contributed by atoms with Gasteiger partial charge in [0.05, 0.1) is 28.2 Å². The smallest absolute Gasteiger partial charge is 0.476 e. The third-order valence-corrected chi connectivity index (χ3v) is 5.88. The number of aromatic nitrogens is 3. The van der Waals surface area contributed by atoms with Crippen molar-refractivity contribution in [2.45, 2.75) is 33.2 Å². The Morgan fingerprint density at radius 2 is 1.97 bits per heavy atom. The van der Waals surface area contributed by atoms with Gasteiger partial charge in [-0.25, -0.2) is 9.18 Å². The summed E-state index contributed by atoms with van der Waals surface area (Å²) >= 11 is 12.3. The lowest BCUT2D eigenvalue weighted by Crippen LogP contribution is -2.27. The molecule has 1 atom stereocenters. The van der Waals surface area contributed by atoms with E-state index in [0.717, 1.165) is 0 Å². The van der Waals surface area contributed by atoms with Gasteiger partial charge in [0.1, 0.15) is 5.82 Å². The molecule has 0 aliphatic carbocycles. The van der Waals surface area contributed by atoms with Gasteiger partial charge in [0, 0.05) is 10.7 Å². The van der Waals surface area contributed by atoms with E-state index in [1.165, 1.54) is 22.9 Å². The molecule has 0 spiro atoms. The molecule has 0 radical (unpaired) electrons. The van der Waals surface area contributed by atoms with Gasteiger partial charge in [-0.05, 0) is 53.7 Å². The molecule has 3 aromatic rings. The maximum absolute atomic E-state index is 13.9. The Hall–Kier alpha value is -3.10.